The molecular weight excluding hydrogens is 326 g/mol. The monoisotopic (exact) mass is 340 g/mol. The number of hydrogen-bond donors (Lipinski definition) is 2. The highest BCUT2D eigenvalue weighted by Crippen LogP contribution is 2.13. The molecule has 0 aliphatic heterocycles. The first kappa shape index (κ1) is 17.0. The Morgan fingerprint density at radius 2 is 1.74 bits per heavy atom. The minimum atomic E-state index is -3.88. The van der Waals surface area contributed by atoms with Crippen LogP contribution in [0.15, 0.2) is 47.4 Å². The molecule has 122 valence electrons. The van der Waals surface area contributed by atoms with Crippen LogP contribution in [-0.4, -0.2) is 21.4 Å². The SMILES string of the molecule is CNC(=O)c1ccc(S(=O)(=O)NCc2ccc(F)cc2F)cc1. The van der Waals surface area contributed by atoms with E-state index in [0.717, 1.165) is 6.07 Å². The first-order valence-corrected chi connectivity index (χ1v) is 8.07. The van der Waals surface area contributed by atoms with Crippen LogP contribution in [-0.2, 0) is 16.6 Å². The van der Waals surface area contributed by atoms with Gasteiger partial charge in [0.2, 0.25) is 10.0 Å². The van der Waals surface area contributed by atoms with Crippen LogP contribution < -0.4 is 10.0 Å². The van der Waals surface area contributed by atoms with E-state index in [2.05, 4.69) is 10.0 Å². The smallest absolute Gasteiger partial charge is 0.251 e. The van der Waals surface area contributed by atoms with Crippen LogP contribution in [0, 0.1) is 11.6 Å². The minimum Gasteiger partial charge on any atom is -0.355 e. The molecule has 0 radical (unpaired) electrons. The first-order chi connectivity index (χ1) is 10.8. The largest absolute Gasteiger partial charge is 0.355 e. The summed E-state index contributed by atoms with van der Waals surface area (Å²) in [6.45, 7) is -0.314. The number of hydrogen-bond acceptors (Lipinski definition) is 3. The van der Waals surface area contributed by atoms with Gasteiger partial charge in [-0.2, -0.15) is 0 Å². The Balaban J connectivity index is 2.14. The fourth-order valence-electron chi connectivity index (χ4n) is 1.85. The van der Waals surface area contributed by atoms with E-state index in [-0.39, 0.29) is 22.9 Å². The average molecular weight is 340 g/mol. The fourth-order valence-corrected chi connectivity index (χ4v) is 2.86. The molecule has 0 bridgehead atoms. The van der Waals surface area contributed by atoms with Gasteiger partial charge in [0.1, 0.15) is 11.6 Å². The summed E-state index contributed by atoms with van der Waals surface area (Å²) in [5.41, 5.74) is 0.341. The lowest BCUT2D eigenvalue weighted by Gasteiger charge is -2.08. The molecule has 0 saturated heterocycles. The third-order valence-corrected chi connectivity index (χ3v) is 4.54. The van der Waals surface area contributed by atoms with Gasteiger partial charge in [0, 0.05) is 30.8 Å². The van der Waals surface area contributed by atoms with E-state index < -0.39 is 21.7 Å². The Kier molecular flexibility index (Phi) is 5.07. The molecule has 0 aliphatic carbocycles. The Morgan fingerprint density at radius 1 is 1.09 bits per heavy atom. The molecule has 0 aliphatic rings. The summed E-state index contributed by atoms with van der Waals surface area (Å²) in [5, 5.41) is 2.42. The van der Waals surface area contributed by atoms with E-state index in [1.165, 1.54) is 37.4 Å². The van der Waals surface area contributed by atoms with Gasteiger partial charge in [-0.05, 0) is 30.3 Å². The molecule has 0 fully saturated rings. The van der Waals surface area contributed by atoms with Gasteiger partial charge >= 0.3 is 0 Å². The van der Waals surface area contributed by atoms with E-state index in [1.807, 2.05) is 0 Å². The van der Waals surface area contributed by atoms with Crippen molar-refractivity contribution in [3.63, 3.8) is 0 Å². The normalized spacial score (nSPS) is 11.3. The second-order valence-electron chi connectivity index (χ2n) is 4.66. The molecule has 1 amide bonds. The zero-order valence-electron chi connectivity index (χ0n) is 12.1. The summed E-state index contributed by atoms with van der Waals surface area (Å²) >= 11 is 0. The lowest BCUT2D eigenvalue weighted by molar-refractivity contribution is 0.0963. The van der Waals surface area contributed by atoms with Crippen molar-refractivity contribution in [2.24, 2.45) is 0 Å². The van der Waals surface area contributed by atoms with Gasteiger partial charge in [0.25, 0.3) is 5.91 Å². The number of benzene rings is 2. The molecule has 0 saturated carbocycles. The summed E-state index contributed by atoms with van der Waals surface area (Å²) in [5.74, 6) is -1.91. The second kappa shape index (κ2) is 6.84. The quantitative estimate of drug-likeness (QED) is 0.872. The lowest BCUT2D eigenvalue weighted by Crippen LogP contribution is -2.24. The third kappa shape index (κ3) is 4.11. The van der Waals surface area contributed by atoms with E-state index in [9.17, 15) is 22.0 Å². The first-order valence-electron chi connectivity index (χ1n) is 6.59. The highest BCUT2D eigenvalue weighted by molar-refractivity contribution is 7.89. The van der Waals surface area contributed by atoms with Crippen molar-refractivity contribution in [3.8, 4) is 0 Å². The fraction of sp³-hybridized carbons (Fsp3) is 0.133. The number of amides is 1. The molecule has 0 atom stereocenters. The highest BCUT2D eigenvalue weighted by Gasteiger charge is 2.15. The van der Waals surface area contributed by atoms with Gasteiger partial charge in [-0.15, -0.1) is 0 Å². The Labute approximate surface area is 132 Å². The van der Waals surface area contributed by atoms with Crippen LogP contribution in [0.4, 0.5) is 8.78 Å². The van der Waals surface area contributed by atoms with Crippen LogP contribution in [0.25, 0.3) is 0 Å². The number of nitrogens with one attached hydrogen (secondary N) is 2. The lowest BCUT2D eigenvalue weighted by atomic mass is 10.2. The van der Waals surface area contributed by atoms with Crippen LogP contribution in [0.5, 0.6) is 0 Å². The molecule has 2 aromatic carbocycles. The van der Waals surface area contributed by atoms with Crippen molar-refractivity contribution in [1.82, 2.24) is 10.0 Å². The van der Waals surface area contributed by atoms with Gasteiger partial charge in [0.05, 0.1) is 4.90 Å². The van der Waals surface area contributed by atoms with Crippen LogP contribution in [0.2, 0.25) is 0 Å². The van der Waals surface area contributed by atoms with E-state index >= 15 is 0 Å². The maximum atomic E-state index is 13.5. The molecule has 8 heteroatoms. The molecule has 0 unspecified atom stereocenters. The summed E-state index contributed by atoms with van der Waals surface area (Å²) < 4.78 is 52.8. The van der Waals surface area contributed by atoms with Crippen LogP contribution >= 0.6 is 0 Å². The number of halogens is 2. The molecule has 0 aromatic heterocycles. The zero-order chi connectivity index (χ0) is 17.0. The van der Waals surface area contributed by atoms with E-state index in [4.69, 9.17) is 0 Å². The molecule has 2 aromatic rings. The van der Waals surface area contributed by atoms with Crippen molar-refractivity contribution in [3.05, 3.63) is 65.2 Å². The maximum absolute atomic E-state index is 13.5. The number of carbonyl (C=O) groups excluding carboxylic acids is 1. The predicted molar refractivity (Wildman–Crippen MR) is 80.2 cm³/mol. The third-order valence-electron chi connectivity index (χ3n) is 3.12. The Morgan fingerprint density at radius 3 is 2.30 bits per heavy atom. The van der Waals surface area contributed by atoms with Crippen molar-refractivity contribution < 1.29 is 22.0 Å². The number of sulfonamides is 1. The molecule has 2 rings (SSSR count). The average Bonchev–Trinajstić information content (AvgIpc) is 2.53. The van der Waals surface area contributed by atoms with Crippen molar-refractivity contribution in [2.75, 3.05) is 7.05 Å². The Bertz CT molecular complexity index is 821. The molecular formula is C15H14F2N2O3S. The summed E-state index contributed by atoms with van der Waals surface area (Å²) in [6.07, 6.45) is 0. The van der Waals surface area contributed by atoms with Gasteiger partial charge in [-0.1, -0.05) is 6.07 Å². The summed E-state index contributed by atoms with van der Waals surface area (Å²) in [4.78, 5) is 11.3. The molecule has 0 spiro atoms. The van der Waals surface area contributed by atoms with Gasteiger partial charge in [0.15, 0.2) is 0 Å². The maximum Gasteiger partial charge on any atom is 0.251 e. The molecule has 5 nitrogen and oxygen atoms in total. The highest BCUT2D eigenvalue weighted by atomic mass is 32.2. The van der Waals surface area contributed by atoms with Gasteiger partial charge < -0.3 is 5.32 Å². The van der Waals surface area contributed by atoms with Crippen LogP contribution in [0.3, 0.4) is 0 Å². The van der Waals surface area contributed by atoms with Crippen molar-refractivity contribution in [1.29, 1.82) is 0 Å². The summed E-state index contributed by atoms with van der Waals surface area (Å²) in [7, 11) is -2.41. The minimum absolute atomic E-state index is 0.0250. The van der Waals surface area contributed by atoms with Gasteiger partial charge in [-0.25, -0.2) is 21.9 Å². The Hall–Kier alpha value is -2.32. The topological polar surface area (TPSA) is 75.3 Å². The van der Waals surface area contributed by atoms with E-state index in [0.29, 0.717) is 11.6 Å². The second-order valence-corrected chi connectivity index (χ2v) is 6.43. The predicted octanol–water partition coefficient (Wildman–Crippen LogP) is 1.80. The number of carbonyl (C=O) groups is 1. The zero-order valence-corrected chi connectivity index (χ0v) is 13.0. The molecule has 23 heavy (non-hydrogen) atoms. The summed E-state index contributed by atoms with van der Waals surface area (Å²) in [6, 6.07) is 8.17. The van der Waals surface area contributed by atoms with Crippen LogP contribution in [0.1, 0.15) is 15.9 Å². The molecule has 2 N–H and O–H groups in total. The molecule has 0 heterocycles. The van der Waals surface area contributed by atoms with Crippen molar-refractivity contribution in [2.45, 2.75) is 11.4 Å². The number of rotatable bonds is 5. The van der Waals surface area contributed by atoms with Crippen molar-refractivity contribution >= 4 is 15.9 Å². The standard InChI is InChI=1S/C15H14F2N2O3S/c1-18-15(20)10-3-6-13(7-4-10)23(21,22)19-9-11-2-5-12(16)8-14(11)17/h2-8,19H,9H2,1H3,(H,18,20). The van der Waals surface area contributed by atoms with E-state index in [1.54, 1.807) is 0 Å². The van der Waals surface area contributed by atoms with Gasteiger partial charge in [-0.3, -0.25) is 4.79 Å².